The van der Waals surface area contributed by atoms with Crippen LogP contribution in [-0.2, 0) is 0 Å². The molecular weight excluding hydrogens is 208 g/mol. The molecule has 1 aliphatic rings. The summed E-state index contributed by atoms with van der Waals surface area (Å²) in [7, 11) is 0. The Hall–Kier alpha value is -1.12. The number of rotatable bonds is 2. The lowest BCUT2D eigenvalue weighted by atomic mass is 10.1. The van der Waals surface area contributed by atoms with Gasteiger partial charge in [-0.3, -0.25) is 0 Å². The number of hydrogen-bond donors (Lipinski definition) is 1. The van der Waals surface area contributed by atoms with Crippen molar-refractivity contribution in [3.05, 3.63) is 29.8 Å². The summed E-state index contributed by atoms with van der Waals surface area (Å²) in [6, 6.07) is 4.58. The van der Waals surface area contributed by atoms with Crippen LogP contribution < -0.4 is 5.32 Å². The third kappa shape index (κ3) is 2.71. The summed E-state index contributed by atoms with van der Waals surface area (Å²) in [6.07, 6.45) is 6.96. The summed E-state index contributed by atoms with van der Waals surface area (Å²) >= 11 is 0. The molecule has 1 nitrogen and oxygen atoms in total. The van der Waals surface area contributed by atoms with Crippen molar-refractivity contribution in [3.8, 4) is 0 Å². The lowest BCUT2D eigenvalue weighted by Crippen LogP contribution is -2.19. The van der Waals surface area contributed by atoms with Crippen molar-refractivity contribution in [2.24, 2.45) is 0 Å². The molecule has 1 N–H and O–H groups in total. The Bertz CT molecular complexity index is 344. The van der Waals surface area contributed by atoms with Crippen LogP contribution in [0.4, 0.5) is 14.5 Å². The fraction of sp³-hybridized carbons (Fsp3) is 0.538. The molecule has 0 aliphatic heterocycles. The molecule has 0 saturated heterocycles. The standard InChI is InChI=1S/C13H17F2N/c14-11-8-5-9-12(13(11)15)16-10-6-3-1-2-4-7-10/h5,8-10,16H,1-4,6-7H2. The summed E-state index contributed by atoms with van der Waals surface area (Å²) in [4.78, 5) is 0. The SMILES string of the molecule is Fc1cccc(NC2CCCCCC2)c1F. The average molecular weight is 225 g/mol. The molecule has 1 saturated carbocycles. The van der Waals surface area contributed by atoms with Gasteiger partial charge >= 0.3 is 0 Å². The Balaban J connectivity index is 2.04. The Labute approximate surface area is 94.9 Å². The van der Waals surface area contributed by atoms with Crippen molar-refractivity contribution in [1.29, 1.82) is 0 Å². The van der Waals surface area contributed by atoms with Gasteiger partial charge in [0.05, 0.1) is 5.69 Å². The Kier molecular flexibility index (Phi) is 3.75. The first kappa shape index (κ1) is 11.4. The van der Waals surface area contributed by atoms with Gasteiger partial charge in [0.1, 0.15) is 0 Å². The lowest BCUT2D eigenvalue weighted by Gasteiger charge is -2.18. The van der Waals surface area contributed by atoms with E-state index in [2.05, 4.69) is 5.32 Å². The van der Waals surface area contributed by atoms with Crippen LogP contribution in [0.2, 0.25) is 0 Å². The number of benzene rings is 1. The van der Waals surface area contributed by atoms with Gasteiger partial charge in [-0.05, 0) is 25.0 Å². The summed E-state index contributed by atoms with van der Waals surface area (Å²) in [5, 5.41) is 3.11. The molecule has 0 amide bonds. The van der Waals surface area contributed by atoms with Crippen LogP contribution in [0.25, 0.3) is 0 Å². The molecule has 0 bridgehead atoms. The van der Waals surface area contributed by atoms with Crippen molar-refractivity contribution in [2.75, 3.05) is 5.32 Å². The number of anilines is 1. The van der Waals surface area contributed by atoms with Gasteiger partial charge in [0.15, 0.2) is 11.6 Å². The molecule has 0 aromatic heterocycles. The van der Waals surface area contributed by atoms with E-state index >= 15 is 0 Å². The molecule has 2 rings (SSSR count). The minimum atomic E-state index is -0.779. The molecule has 3 heteroatoms. The topological polar surface area (TPSA) is 12.0 Å². The second-order valence-corrected chi connectivity index (χ2v) is 4.43. The fourth-order valence-corrected chi connectivity index (χ4v) is 2.26. The summed E-state index contributed by atoms with van der Waals surface area (Å²) < 4.78 is 26.4. The van der Waals surface area contributed by atoms with Crippen LogP contribution in [0.1, 0.15) is 38.5 Å². The highest BCUT2D eigenvalue weighted by atomic mass is 19.2. The van der Waals surface area contributed by atoms with Crippen LogP contribution in [0.5, 0.6) is 0 Å². The Morgan fingerprint density at radius 3 is 2.38 bits per heavy atom. The van der Waals surface area contributed by atoms with Gasteiger partial charge in [-0.2, -0.15) is 0 Å². The molecule has 1 aromatic carbocycles. The summed E-state index contributed by atoms with van der Waals surface area (Å²) in [5.41, 5.74) is 0.298. The fourth-order valence-electron chi connectivity index (χ4n) is 2.26. The molecule has 0 atom stereocenters. The number of hydrogen-bond acceptors (Lipinski definition) is 1. The lowest BCUT2D eigenvalue weighted by molar-refractivity contribution is 0.507. The minimum Gasteiger partial charge on any atom is -0.380 e. The Morgan fingerprint density at radius 1 is 1.00 bits per heavy atom. The highest BCUT2D eigenvalue weighted by Crippen LogP contribution is 2.23. The van der Waals surface area contributed by atoms with E-state index < -0.39 is 11.6 Å². The summed E-state index contributed by atoms with van der Waals surface area (Å²) in [6.45, 7) is 0. The normalized spacial score (nSPS) is 18.1. The maximum atomic E-state index is 13.4. The van der Waals surface area contributed by atoms with E-state index in [1.165, 1.54) is 31.7 Å². The van der Waals surface area contributed by atoms with E-state index in [4.69, 9.17) is 0 Å². The van der Waals surface area contributed by atoms with Gasteiger partial charge in [0, 0.05) is 6.04 Å². The van der Waals surface area contributed by atoms with Crippen molar-refractivity contribution in [3.63, 3.8) is 0 Å². The van der Waals surface area contributed by atoms with E-state index in [9.17, 15) is 8.78 Å². The highest BCUT2D eigenvalue weighted by molar-refractivity contribution is 5.45. The summed E-state index contributed by atoms with van der Waals surface area (Å²) in [5.74, 6) is -1.54. The first-order valence-corrected chi connectivity index (χ1v) is 5.98. The van der Waals surface area contributed by atoms with Crippen LogP contribution >= 0.6 is 0 Å². The van der Waals surface area contributed by atoms with E-state index in [1.54, 1.807) is 6.07 Å². The first-order chi connectivity index (χ1) is 7.77. The van der Waals surface area contributed by atoms with Crippen molar-refractivity contribution in [1.82, 2.24) is 0 Å². The molecular formula is C13H17F2N. The van der Waals surface area contributed by atoms with Crippen LogP contribution in [0, 0.1) is 11.6 Å². The average Bonchev–Trinajstić information content (AvgIpc) is 2.53. The van der Waals surface area contributed by atoms with E-state index in [-0.39, 0.29) is 0 Å². The van der Waals surface area contributed by atoms with Crippen LogP contribution in [0.3, 0.4) is 0 Å². The van der Waals surface area contributed by atoms with Gasteiger partial charge in [0.2, 0.25) is 0 Å². The van der Waals surface area contributed by atoms with Gasteiger partial charge < -0.3 is 5.32 Å². The molecule has 1 aromatic rings. The minimum absolute atomic E-state index is 0.291. The molecule has 0 unspecified atom stereocenters. The maximum absolute atomic E-state index is 13.4. The van der Waals surface area contributed by atoms with Crippen LogP contribution in [0.15, 0.2) is 18.2 Å². The van der Waals surface area contributed by atoms with Crippen molar-refractivity contribution < 1.29 is 8.78 Å². The molecule has 0 spiro atoms. The van der Waals surface area contributed by atoms with E-state index in [1.807, 2.05) is 0 Å². The van der Waals surface area contributed by atoms with Gasteiger partial charge in [-0.25, -0.2) is 8.78 Å². The quantitative estimate of drug-likeness (QED) is 0.747. The van der Waals surface area contributed by atoms with Crippen molar-refractivity contribution in [2.45, 2.75) is 44.6 Å². The van der Waals surface area contributed by atoms with Gasteiger partial charge in [0.25, 0.3) is 0 Å². The van der Waals surface area contributed by atoms with Crippen LogP contribution in [-0.4, -0.2) is 6.04 Å². The second-order valence-electron chi connectivity index (χ2n) is 4.43. The zero-order valence-corrected chi connectivity index (χ0v) is 9.31. The first-order valence-electron chi connectivity index (χ1n) is 5.98. The van der Waals surface area contributed by atoms with Crippen molar-refractivity contribution >= 4 is 5.69 Å². The molecule has 16 heavy (non-hydrogen) atoms. The van der Waals surface area contributed by atoms with Gasteiger partial charge in [-0.15, -0.1) is 0 Å². The molecule has 0 radical (unpaired) electrons. The Morgan fingerprint density at radius 2 is 1.69 bits per heavy atom. The second kappa shape index (κ2) is 5.28. The van der Waals surface area contributed by atoms with E-state index in [0.29, 0.717) is 11.7 Å². The smallest absolute Gasteiger partial charge is 0.181 e. The monoisotopic (exact) mass is 225 g/mol. The zero-order chi connectivity index (χ0) is 11.4. The molecule has 0 heterocycles. The highest BCUT2D eigenvalue weighted by Gasteiger charge is 2.14. The largest absolute Gasteiger partial charge is 0.380 e. The zero-order valence-electron chi connectivity index (χ0n) is 9.31. The van der Waals surface area contributed by atoms with Gasteiger partial charge in [-0.1, -0.05) is 31.7 Å². The van der Waals surface area contributed by atoms with E-state index in [0.717, 1.165) is 18.9 Å². The predicted molar refractivity (Wildman–Crippen MR) is 61.5 cm³/mol. The molecule has 1 fully saturated rings. The number of nitrogens with one attached hydrogen (secondary N) is 1. The third-order valence-electron chi connectivity index (χ3n) is 3.17. The predicted octanol–water partition coefficient (Wildman–Crippen LogP) is 4.10. The number of halogens is 2. The third-order valence-corrected chi connectivity index (χ3v) is 3.17. The molecule has 88 valence electrons. The molecule has 1 aliphatic carbocycles. The maximum Gasteiger partial charge on any atom is 0.181 e.